The Kier molecular flexibility index (Phi) is 7.30. The zero-order valence-electron chi connectivity index (χ0n) is 24.0. The van der Waals surface area contributed by atoms with Crippen molar-refractivity contribution >= 4 is 33.7 Å². The first-order chi connectivity index (χ1) is 21.9. The molecule has 4 aromatic heterocycles. The number of para-hydroxylation sites is 1. The van der Waals surface area contributed by atoms with E-state index in [1.54, 1.807) is 37.6 Å². The number of hydrogen-bond donors (Lipinski definition) is 5. The Balaban J connectivity index is 1.22. The van der Waals surface area contributed by atoms with Crippen LogP contribution in [0.5, 0.6) is 0 Å². The zero-order chi connectivity index (χ0) is 30.9. The van der Waals surface area contributed by atoms with Crippen molar-refractivity contribution in [1.82, 2.24) is 35.5 Å². The lowest BCUT2D eigenvalue weighted by molar-refractivity contribution is 0.102. The number of amides is 1. The fourth-order valence-electron chi connectivity index (χ4n) is 5.25. The Morgan fingerprint density at radius 2 is 1.80 bits per heavy atom. The monoisotopic (exact) mass is 598 g/mol. The summed E-state index contributed by atoms with van der Waals surface area (Å²) >= 11 is 0. The molecule has 0 saturated carbocycles. The van der Waals surface area contributed by atoms with Crippen LogP contribution in [0, 0.1) is 5.82 Å². The molecule has 0 spiro atoms. The van der Waals surface area contributed by atoms with Gasteiger partial charge in [0.15, 0.2) is 11.5 Å². The second-order valence-corrected chi connectivity index (χ2v) is 10.7. The number of aromatic nitrogens is 6. The van der Waals surface area contributed by atoms with E-state index in [2.05, 4.69) is 35.8 Å². The fraction of sp³-hybridized carbons (Fsp3) is 0.0882. The third kappa shape index (κ3) is 5.77. The van der Waals surface area contributed by atoms with Crippen molar-refractivity contribution in [3.8, 4) is 33.8 Å². The number of carbonyl (C=O) groups is 1. The van der Waals surface area contributed by atoms with Gasteiger partial charge in [0, 0.05) is 41.2 Å². The molecule has 0 fully saturated rings. The summed E-state index contributed by atoms with van der Waals surface area (Å²) in [6, 6.07) is 23.2. The van der Waals surface area contributed by atoms with Crippen molar-refractivity contribution in [3.05, 3.63) is 114 Å². The van der Waals surface area contributed by atoms with E-state index in [0.717, 1.165) is 27.6 Å². The molecule has 0 aliphatic rings. The molecule has 5 N–H and O–H groups in total. The average Bonchev–Trinajstić information content (AvgIpc) is 3.68. The quantitative estimate of drug-likeness (QED) is 0.134. The second-order valence-electron chi connectivity index (χ2n) is 10.7. The predicted octanol–water partition coefficient (Wildman–Crippen LogP) is 6.05. The molecule has 0 saturated heterocycles. The van der Waals surface area contributed by atoms with Crippen LogP contribution in [0.3, 0.4) is 0 Å². The van der Waals surface area contributed by atoms with Gasteiger partial charge in [0.05, 0.1) is 28.3 Å². The van der Waals surface area contributed by atoms with Crippen LogP contribution >= 0.6 is 0 Å². The number of rotatable bonds is 8. The highest BCUT2D eigenvalue weighted by atomic mass is 19.1. The van der Waals surface area contributed by atoms with Gasteiger partial charge in [-0.1, -0.05) is 30.3 Å². The number of aliphatic hydroxyl groups excluding tert-OH is 1. The molecule has 222 valence electrons. The number of nitrogens with one attached hydrogen (secondary N) is 4. The van der Waals surface area contributed by atoms with Gasteiger partial charge in [-0.2, -0.15) is 5.10 Å². The number of aliphatic hydroxyl groups is 1. The lowest BCUT2D eigenvalue weighted by atomic mass is 10.0. The Morgan fingerprint density at radius 3 is 2.64 bits per heavy atom. The Morgan fingerprint density at radius 1 is 0.956 bits per heavy atom. The van der Waals surface area contributed by atoms with E-state index in [0.29, 0.717) is 51.6 Å². The molecule has 0 aliphatic carbocycles. The van der Waals surface area contributed by atoms with Crippen LogP contribution in [0.2, 0.25) is 0 Å². The Bertz CT molecular complexity index is 2170. The normalized spacial score (nSPS) is 12.1. The molecule has 4 heterocycles. The Labute approximate surface area is 256 Å². The number of halogens is 1. The molecule has 0 radical (unpaired) electrons. The Hall–Kier alpha value is -5.78. The van der Waals surface area contributed by atoms with Crippen LogP contribution in [-0.4, -0.2) is 47.4 Å². The SMILES string of the molecule is CC(O)NCc1cc(F)cc(-c2cccc3[nH]c(-c4n[nH]c5ncc(-c6cncc(NC(=O)c7ccccc7)c6)cc45)nc23)c1. The van der Waals surface area contributed by atoms with Gasteiger partial charge in [0.1, 0.15) is 17.7 Å². The molecule has 1 atom stereocenters. The van der Waals surface area contributed by atoms with Crippen molar-refractivity contribution < 1.29 is 14.3 Å². The van der Waals surface area contributed by atoms with Crippen molar-refractivity contribution in [2.75, 3.05) is 5.32 Å². The fourth-order valence-corrected chi connectivity index (χ4v) is 5.25. The first kappa shape index (κ1) is 28.0. The van der Waals surface area contributed by atoms with E-state index < -0.39 is 6.23 Å². The van der Waals surface area contributed by atoms with Crippen molar-refractivity contribution in [3.63, 3.8) is 0 Å². The van der Waals surface area contributed by atoms with E-state index >= 15 is 0 Å². The van der Waals surface area contributed by atoms with Crippen LogP contribution in [0.1, 0.15) is 22.8 Å². The summed E-state index contributed by atoms with van der Waals surface area (Å²) in [5.41, 5.74) is 7.37. The number of carbonyl (C=O) groups excluding carboxylic acids is 1. The minimum absolute atomic E-state index is 0.226. The molecular weight excluding hydrogens is 571 g/mol. The molecule has 0 bridgehead atoms. The third-order valence-electron chi connectivity index (χ3n) is 7.39. The number of anilines is 1. The summed E-state index contributed by atoms with van der Waals surface area (Å²) in [4.78, 5) is 29.8. The second kappa shape index (κ2) is 11.7. The van der Waals surface area contributed by atoms with Gasteiger partial charge in [0.2, 0.25) is 0 Å². The van der Waals surface area contributed by atoms with Crippen molar-refractivity contribution in [1.29, 1.82) is 0 Å². The number of nitrogens with zero attached hydrogens (tertiary/aromatic N) is 4. The van der Waals surface area contributed by atoms with Gasteiger partial charge < -0.3 is 15.4 Å². The number of pyridine rings is 2. The van der Waals surface area contributed by atoms with Gasteiger partial charge in [-0.25, -0.2) is 14.4 Å². The minimum atomic E-state index is -0.714. The van der Waals surface area contributed by atoms with Crippen LogP contribution < -0.4 is 10.6 Å². The topological polar surface area (TPSA) is 144 Å². The number of aromatic amines is 2. The van der Waals surface area contributed by atoms with Gasteiger partial charge in [-0.15, -0.1) is 0 Å². The van der Waals surface area contributed by atoms with Crippen LogP contribution in [0.4, 0.5) is 10.1 Å². The first-order valence-corrected chi connectivity index (χ1v) is 14.3. The maximum atomic E-state index is 14.6. The first-order valence-electron chi connectivity index (χ1n) is 14.3. The molecule has 0 aliphatic heterocycles. The number of benzene rings is 3. The van der Waals surface area contributed by atoms with Crippen LogP contribution in [-0.2, 0) is 6.54 Å². The smallest absolute Gasteiger partial charge is 0.255 e. The van der Waals surface area contributed by atoms with Crippen molar-refractivity contribution in [2.45, 2.75) is 19.7 Å². The molecule has 1 unspecified atom stereocenters. The summed E-state index contributed by atoms with van der Waals surface area (Å²) in [6.45, 7) is 1.93. The molecule has 7 rings (SSSR count). The van der Waals surface area contributed by atoms with Crippen LogP contribution in [0.25, 0.3) is 55.8 Å². The molecule has 11 heteroatoms. The van der Waals surface area contributed by atoms with E-state index in [4.69, 9.17) is 4.98 Å². The lowest BCUT2D eigenvalue weighted by Crippen LogP contribution is -2.24. The molecule has 3 aromatic carbocycles. The summed E-state index contributed by atoms with van der Waals surface area (Å²) in [5, 5.41) is 23.6. The molecule has 7 aromatic rings. The predicted molar refractivity (Wildman–Crippen MR) is 171 cm³/mol. The number of H-pyrrole nitrogens is 2. The zero-order valence-corrected chi connectivity index (χ0v) is 24.0. The van der Waals surface area contributed by atoms with E-state index in [-0.39, 0.29) is 11.7 Å². The van der Waals surface area contributed by atoms with Crippen LogP contribution in [0.15, 0.2) is 97.5 Å². The standard InChI is InChI=1S/C34H27FN8O2/c1-19(44)37-15-20-10-22(12-25(35)11-20)27-8-5-9-29-30(27)41-33(40-29)31-28-14-24(17-38-32(28)43-42-31)23-13-26(18-36-16-23)39-34(45)21-6-3-2-4-7-21/h2-14,16-19,37,44H,15H2,1H3,(H,39,45)(H,40,41)(H,38,42,43). The van der Waals surface area contributed by atoms with Crippen molar-refractivity contribution in [2.24, 2.45) is 0 Å². The molecule has 1 amide bonds. The van der Waals surface area contributed by atoms with Gasteiger partial charge in [0.25, 0.3) is 5.91 Å². The highest BCUT2D eigenvalue weighted by molar-refractivity contribution is 6.04. The summed E-state index contributed by atoms with van der Waals surface area (Å²) < 4.78 is 14.6. The average molecular weight is 599 g/mol. The van der Waals surface area contributed by atoms with E-state index in [1.165, 1.54) is 12.1 Å². The highest BCUT2D eigenvalue weighted by Gasteiger charge is 2.17. The molecule has 45 heavy (non-hydrogen) atoms. The number of hydrogen-bond acceptors (Lipinski definition) is 7. The maximum Gasteiger partial charge on any atom is 0.255 e. The maximum absolute atomic E-state index is 14.6. The van der Waals surface area contributed by atoms with Gasteiger partial charge >= 0.3 is 0 Å². The number of fused-ring (bicyclic) bond motifs is 2. The van der Waals surface area contributed by atoms with E-state index in [1.807, 2.05) is 54.6 Å². The summed E-state index contributed by atoms with van der Waals surface area (Å²) in [5.74, 6) is -0.0785. The third-order valence-corrected chi connectivity index (χ3v) is 7.39. The molecule has 10 nitrogen and oxygen atoms in total. The summed E-state index contributed by atoms with van der Waals surface area (Å²) in [6.07, 6.45) is 4.30. The molecular formula is C34H27FN8O2. The number of imidazole rings is 1. The summed E-state index contributed by atoms with van der Waals surface area (Å²) in [7, 11) is 0. The van der Waals surface area contributed by atoms with Gasteiger partial charge in [-0.3, -0.25) is 20.2 Å². The minimum Gasteiger partial charge on any atom is -0.379 e. The highest BCUT2D eigenvalue weighted by Crippen LogP contribution is 2.33. The lowest BCUT2D eigenvalue weighted by Gasteiger charge is -2.10. The largest absolute Gasteiger partial charge is 0.379 e. The van der Waals surface area contributed by atoms with Gasteiger partial charge in [-0.05, 0) is 66.6 Å². The van der Waals surface area contributed by atoms with E-state index in [9.17, 15) is 14.3 Å².